The summed E-state index contributed by atoms with van der Waals surface area (Å²) in [5.74, 6) is 0. The van der Waals surface area contributed by atoms with Crippen molar-refractivity contribution in [2.75, 3.05) is 0 Å². The highest BCUT2D eigenvalue weighted by Crippen LogP contribution is 2.01. The second kappa shape index (κ2) is 4.86. The number of nitrogens with zero attached hydrogens (tertiary/aromatic N) is 3. The van der Waals surface area contributed by atoms with Gasteiger partial charge in [-0.25, -0.2) is 9.67 Å². The molecule has 2 heterocycles. The molecular weight excluding hydrogens is 208 g/mol. The van der Waals surface area contributed by atoms with Gasteiger partial charge in [-0.2, -0.15) is 5.10 Å². The molecule has 4 nitrogen and oxygen atoms in total. The van der Waals surface area contributed by atoms with Gasteiger partial charge in [0.25, 0.3) is 0 Å². The maximum atomic E-state index is 4.19. The molecule has 0 spiro atoms. The van der Waals surface area contributed by atoms with Gasteiger partial charge in [0.05, 0.1) is 17.4 Å². The lowest BCUT2D eigenvalue weighted by Crippen LogP contribution is -2.12. The molecule has 0 atom stereocenters. The van der Waals surface area contributed by atoms with Crippen molar-refractivity contribution in [3.63, 3.8) is 0 Å². The number of nitrogens with one attached hydrogen (secondary N) is 1. The Morgan fingerprint density at radius 3 is 3.13 bits per heavy atom. The zero-order valence-corrected chi connectivity index (χ0v) is 9.07. The van der Waals surface area contributed by atoms with E-state index in [-0.39, 0.29) is 0 Å². The molecule has 15 heavy (non-hydrogen) atoms. The molecule has 0 unspecified atom stereocenters. The van der Waals surface area contributed by atoms with Gasteiger partial charge in [0, 0.05) is 36.4 Å². The summed E-state index contributed by atoms with van der Waals surface area (Å²) >= 11 is 1.61. The van der Waals surface area contributed by atoms with E-state index in [2.05, 4.69) is 22.0 Å². The van der Waals surface area contributed by atoms with Gasteiger partial charge in [-0.05, 0) is 0 Å². The zero-order valence-electron chi connectivity index (χ0n) is 8.26. The second-order valence-corrected chi connectivity index (χ2v) is 3.81. The zero-order chi connectivity index (χ0) is 10.5. The van der Waals surface area contributed by atoms with E-state index >= 15 is 0 Å². The van der Waals surface area contributed by atoms with Crippen LogP contribution >= 0.6 is 11.3 Å². The van der Waals surface area contributed by atoms with E-state index in [0.29, 0.717) is 0 Å². The second-order valence-electron chi connectivity index (χ2n) is 3.09. The minimum Gasteiger partial charge on any atom is -0.307 e. The molecule has 0 saturated heterocycles. The van der Waals surface area contributed by atoms with Gasteiger partial charge in [0.1, 0.15) is 0 Å². The van der Waals surface area contributed by atoms with Crippen LogP contribution in [-0.2, 0) is 13.1 Å². The first-order chi connectivity index (χ1) is 7.38. The summed E-state index contributed by atoms with van der Waals surface area (Å²) in [6.45, 7) is 5.23. The van der Waals surface area contributed by atoms with E-state index in [1.54, 1.807) is 22.2 Å². The molecule has 0 radical (unpaired) electrons. The smallest absolute Gasteiger partial charge is 0.0795 e. The normalized spacial score (nSPS) is 10.4. The number of hydrogen-bond acceptors (Lipinski definition) is 4. The minimum atomic E-state index is 0.794. The largest absolute Gasteiger partial charge is 0.307 e. The van der Waals surface area contributed by atoms with Crippen molar-refractivity contribution in [1.29, 1.82) is 0 Å². The molecule has 2 rings (SSSR count). The summed E-state index contributed by atoms with van der Waals surface area (Å²) < 4.78 is 1.69. The van der Waals surface area contributed by atoms with Crippen LogP contribution < -0.4 is 5.32 Å². The Balaban J connectivity index is 1.80. The van der Waals surface area contributed by atoms with Gasteiger partial charge >= 0.3 is 0 Å². The lowest BCUT2D eigenvalue weighted by Gasteiger charge is -1.98. The van der Waals surface area contributed by atoms with Crippen LogP contribution in [0.4, 0.5) is 0 Å². The summed E-state index contributed by atoms with van der Waals surface area (Å²) in [4.78, 5) is 4.19. The van der Waals surface area contributed by atoms with E-state index in [0.717, 1.165) is 24.3 Å². The maximum Gasteiger partial charge on any atom is 0.0795 e. The Kier molecular flexibility index (Phi) is 3.26. The third-order valence-electron chi connectivity index (χ3n) is 1.96. The molecule has 0 aromatic carbocycles. The van der Waals surface area contributed by atoms with Crippen molar-refractivity contribution in [2.24, 2.45) is 0 Å². The molecule has 0 fully saturated rings. The van der Waals surface area contributed by atoms with Crippen LogP contribution in [0, 0.1) is 0 Å². The summed E-state index contributed by atoms with van der Waals surface area (Å²) in [5.41, 5.74) is 4.06. The molecule has 0 aliphatic carbocycles. The Morgan fingerprint density at radius 1 is 1.53 bits per heavy atom. The van der Waals surface area contributed by atoms with Gasteiger partial charge in [0.2, 0.25) is 0 Å². The fourth-order valence-corrected chi connectivity index (χ4v) is 1.79. The molecule has 78 valence electrons. The van der Waals surface area contributed by atoms with Crippen LogP contribution in [0.2, 0.25) is 0 Å². The molecule has 1 N–H and O–H groups in total. The number of rotatable bonds is 5. The number of thiazole rings is 1. The Morgan fingerprint density at radius 2 is 2.47 bits per heavy atom. The standard InChI is InChI=1S/C10H12N4S/c1-2-14-6-9(4-13-14)3-11-5-10-7-15-8-12-10/h2,4,6-8,11H,1,3,5H2. The molecule has 0 amide bonds. The molecule has 0 bridgehead atoms. The van der Waals surface area contributed by atoms with Crippen LogP contribution in [-0.4, -0.2) is 14.8 Å². The summed E-state index contributed by atoms with van der Waals surface area (Å²) in [6.07, 6.45) is 5.45. The predicted molar refractivity (Wildman–Crippen MR) is 61.3 cm³/mol. The van der Waals surface area contributed by atoms with E-state index in [9.17, 15) is 0 Å². The highest BCUT2D eigenvalue weighted by atomic mass is 32.1. The third-order valence-corrected chi connectivity index (χ3v) is 2.60. The fraction of sp³-hybridized carbons (Fsp3) is 0.200. The SMILES string of the molecule is C=Cn1cc(CNCc2cscn2)cn1. The Labute approximate surface area is 92.3 Å². The van der Waals surface area contributed by atoms with Crippen LogP contribution in [0.15, 0.2) is 29.9 Å². The molecule has 0 aliphatic rings. The molecule has 0 aliphatic heterocycles. The summed E-state index contributed by atoms with van der Waals surface area (Å²) in [7, 11) is 0. The van der Waals surface area contributed by atoms with Crippen LogP contribution in [0.1, 0.15) is 11.3 Å². The van der Waals surface area contributed by atoms with Crippen LogP contribution in [0.3, 0.4) is 0 Å². The van der Waals surface area contributed by atoms with Crippen molar-refractivity contribution in [3.8, 4) is 0 Å². The van der Waals surface area contributed by atoms with Gasteiger partial charge in [-0.1, -0.05) is 6.58 Å². The monoisotopic (exact) mass is 220 g/mol. The quantitative estimate of drug-likeness (QED) is 0.834. The number of aromatic nitrogens is 3. The van der Waals surface area contributed by atoms with Gasteiger partial charge in [-0.15, -0.1) is 11.3 Å². The highest BCUT2D eigenvalue weighted by molar-refractivity contribution is 7.07. The maximum absolute atomic E-state index is 4.19. The first kappa shape index (κ1) is 10.1. The van der Waals surface area contributed by atoms with Gasteiger partial charge in [-0.3, -0.25) is 0 Å². The fourth-order valence-electron chi connectivity index (χ4n) is 1.23. The molecule has 2 aromatic rings. The van der Waals surface area contributed by atoms with Crippen molar-refractivity contribution in [1.82, 2.24) is 20.1 Å². The van der Waals surface area contributed by atoms with Crippen molar-refractivity contribution >= 4 is 17.5 Å². The molecule has 0 saturated carbocycles. The summed E-state index contributed by atoms with van der Waals surface area (Å²) in [6, 6.07) is 0. The van der Waals surface area contributed by atoms with E-state index in [1.807, 2.05) is 23.3 Å². The number of hydrogen-bond donors (Lipinski definition) is 1. The minimum absolute atomic E-state index is 0.794. The first-order valence-electron chi connectivity index (χ1n) is 4.62. The lowest BCUT2D eigenvalue weighted by molar-refractivity contribution is 0.683. The third kappa shape index (κ3) is 2.74. The van der Waals surface area contributed by atoms with Gasteiger partial charge < -0.3 is 5.32 Å². The van der Waals surface area contributed by atoms with E-state index in [4.69, 9.17) is 0 Å². The topological polar surface area (TPSA) is 42.7 Å². The average Bonchev–Trinajstić information content (AvgIpc) is 2.88. The Hall–Kier alpha value is -1.46. The van der Waals surface area contributed by atoms with Crippen molar-refractivity contribution < 1.29 is 0 Å². The van der Waals surface area contributed by atoms with E-state index in [1.165, 1.54) is 0 Å². The average molecular weight is 220 g/mol. The lowest BCUT2D eigenvalue weighted by atomic mass is 10.3. The highest BCUT2D eigenvalue weighted by Gasteiger charge is 1.97. The molecule has 2 aromatic heterocycles. The molecule has 5 heteroatoms. The van der Waals surface area contributed by atoms with Gasteiger partial charge in [0.15, 0.2) is 0 Å². The summed E-state index contributed by atoms with van der Waals surface area (Å²) in [5, 5.41) is 9.44. The van der Waals surface area contributed by atoms with Crippen molar-refractivity contribution in [2.45, 2.75) is 13.1 Å². The van der Waals surface area contributed by atoms with Crippen molar-refractivity contribution in [3.05, 3.63) is 41.1 Å². The Bertz CT molecular complexity index is 418. The van der Waals surface area contributed by atoms with E-state index < -0.39 is 0 Å². The van der Waals surface area contributed by atoms with Crippen LogP contribution in [0.25, 0.3) is 6.20 Å². The van der Waals surface area contributed by atoms with Crippen LogP contribution in [0.5, 0.6) is 0 Å². The predicted octanol–water partition coefficient (Wildman–Crippen LogP) is 1.73. The molecular formula is C10H12N4S. The first-order valence-corrected chi connectivity index (χ1v) is 5.56.